The second-order valence-electron chi connectivity index (χ2n) is 3.75. The molecule has 0 radical (unpaired) electrons. The molecule has 1 unspecified atom stereocenters. The van der Waals surface area contributed by atoms with Crippen LogP contribution in [0.3, 0.4) is 0 Å². The van der Waals surface area contributed by atoms with E-state index in [1.807, 2.05) is 7.05 Å². The molecule has 0 aliphatic carbocycles. The maximum Gasteiger partial charge on any atom is 0.261 e. The van der Waals surface area contributed by atoms with Gasteiger partial charge >= 0.3 is 0 Å². The van der Waals surface area contributed by atoms with Crippen molar-refractivity contribution < 1.29 is 13.5 Å². The van der Waals surface area contributed by atoms with Crippen LogP contribution in [0.25, 0.3) is 0 Å². The molecule has 1 heterocycles. The highest BCUT2D eigenvalue weighted by molar-refractivity contribution is 7.12. The molecule has 0 bridgehead atoms. The highest BCUT2D eigenvalue weighted by atomic mass is 32.1. The molecule has 1 aromatic rings. The third-order valence-corrected chi connectivity index (χ3v) is 3.86. The van der Waals surface area contributed by atoms with Gasteiger partial charge in [0.15, 0.2) is 0 Å². The molecule has 5 heteroatoms. The Hall–Kier alpha value is -0.520. The van der Waals surface area contributed by atoms with Gasteiger partial charge in [-0.1, -0.05) is 6.92 Å². The van der Waals surface area contributed by atoms with Crippen molar-refractivity contribution in [2.75, 3.05) is 20.3 Å². The lowest BCUT2D eigenvalue weighted by atomic mass is 10.2. The van der Waals surface area contributed by atoms with Crippen molar-refractivity contribution in [1.29, 1.82) is 0 Å². The number of alkyl halides is 2. The average Bonchev–Trinajstić information content (AvgIpc) is 2.77. The molecule has 0 aliphatic heterocycles. The normalized spacial score (nSPS) is 13.2. The highest BCUT2D eigenvalue weighted by Gasteiger charge is 2.12. The Bertz CT molecular complexity index is 317. The predicted octanol–water partition coefficient (Wildman–Crippen LogP) is 3.24. The van der Waals surface area contributed by atoms with Gasteiger partial charge in [0, 0.05) is 22.4 Å². The van der Waals surface area contributed by atoms with Crippen LogP contribution < -0.4 is 5.32 Å². The number of ether oxygens (including phenoxy) is 1. The van der Waals surface area contributed by atoms with Crippen molar-refractivity contribution >= 4 is 11.3 Å². The summed E-state index contributed by atoms with van der Waals surface area (Å²) in [6, 6.07) is 4.40. The zero-order valence-electron chi connectivity index (χ0n) is 10.2. The van der Waals surface area contributed by atoms with Crippen molar-refractivity contribution in [3.05, 3.63) is 21.9 Å². The summed E-state index contributed by atoms with van der Waals surface area (Å²) in [6.45, 7) is 2.01. The summed E-state index contributed by atoms with van der Waals surface area (Å²) in [6.07, 6.45) is -0.632. The van der Waals surface area contributed by atoms with E-state index in [1.165, 1.54) is 9.75 Å². The molecule has 0 saturated heterocycles. The van der Waals surface area contributed by atoms with Gasteiger partial charge < -0.3 is 10.1 Å². The topological polar surface area (TPSA) is 21.3 Å². The molecule has 1 N–H and O–H groups in total. The Morgan fingerprint density at radius 1 is 1.41 bits per heavy atom. The molecule has 17 heavy (non-hydrogen) atoms. The largest absolute Gasteiger partial charge is 0.375 e. The maximum atomic E-state index is 11.9. The van der Waals surface area contributed by atoms with Crippen LogP contribution in [-0.2, 0) is 11.2 Å². The monoisotopic (exact) mass is 263 g/mol. The first kappa shape index (κ1) is 14.5. The Kier molecular flexibility index (Phi) is 6.62. The fourth-order valence-electron chi connectivity index (χ4n) is 1.57. The number of halogens is 2. The lowest BCUT2D eigenvalue weighted by Crippen LogP contribution is -2.18. The van der Waals surface area contributed by atoms with E-state index in [1.54, 1.807) is 11.3 Å². The molecule has 2 nitrogen and oxygen atoms in total. The van der Waals surface area contributed by atoms with E-state index in [0.717, 1.165) is 6.42 Å². The molecule has 1 atom stereocenters. The van der Waals surface area contributed by atoms with Gasteiger partial charge in [0.05, 0.1) is 0 Å². The zero-order chi connectivity index (χ0) is 12.7. The van der Waals surface area contributed by atoms with Gasteiger partial charge in [-0.15, -0.1) is 11.3 Å². The quantitative estimate of drug-likeness (QED) is 0.727. The van der Waals surface area contributed by atoms with Gasteiger partial charge in [0.25, 0.3) is 6.43 Å². The molecular formula is C12H19F2NOS. The van der Waals surface area contributed by atoms with Crippen molar-refractivity contribution in [2.24, 2.45) is 0 Å². The number of nitrogens with one attached hydrogen (secondary N) is 1. The summed E-state index contributed by atoms with van der Waals surface area (Å²) in [4.78, 5) is 2.58. The van der Waals surface area contributed by atoms with Crippen LogP contribution in [0.15, 0.2) is 12.1 Å². The summed E-state index contributed by atoms with van der Waals surface area (Å²) in [5.74, 6) is 0. The van der Waals surface area contributed by atoms with Crippen LogP contribution in [0.4, 0.5) is 8.78 Å². The lowest BCUT2D eigenvalue weighted by molar-refractivity contribution is 0.0146. The second kappa shape index (κ2) is 7.74. The number of thiophene rings is 1. The van der Waals surface area contributed by atoms with Crippen LogP contribution in [-0.4, -0.2) is 26.7 Å². The van der Waals surface area contributed by atoms with Crippen LogP contribution in [0.5, 0.6) is 0 Å². The number of hydrogen-bond acceptors (Lipinski definition) is 3. The van der Waals surface area contributed by atoms with Crippen LogP contribution in [0, 0.1) is 0 Å². The fraction of sp³-hybridized carbons (Fsp3) is 0.667. The highest BCUT2D eigenvalue weighted by Crippen LogP contribution is 2.25. The third kappa shape index (κ3) is 5.10. The Morgan fingerprint density at radius 2 is 2.18 bits per heavy atom. The van der Waals surface area contributed by atoms with Gasteiger partial charge in [-0.05, 0) is 32.0 Å². The second-order valence-corrected chi connectivity index (χ2v) is 4.95. The molecule has 98 valence electrons. The summed E-state index contributed by atoms with van der Waals surface area (Å²) < 4.78 is 28.6. The van der Waals surface area contributed by atoms with Gasteiger partial charge in [0.2, 0.25) is 0 Å². The van der Waals surface area contributed by atoms with Crippen molar-refractivity contribution in [2.45, 2.75) is 32.2 Å². The zero-order valence-corrected chi connectivity index (χ0v) is 11.0. The Labute approximate surface area is 105 Å². The van der Waals surface area contributed by atoms with E-state index in [0.29, 0.717) is 13.0 Å². The minimum absolute atomic E-state index is 0.193. The van der Waals surface area contributed by atoms with Gasteiger partial charge in [0.1, 0.15) is 6.61 Å². The molecule has 0 aliphatic rings. The molecule has 1 rings (SSSR count). The predicted molar refractivity (Wildman–Crippen MR) is 66.9 cm³/mol. The molecule has 1 aromatic heterocycles. The number of rotatable bonds is 8. The van der Waals surface area contributed by atoms with Crippen molar-refractivity contribution in [3.8, 4) is 0 Å². The standard InChI is InChI=1S/C12H19F2NOS/c1-3-9-4-5-11(17-9)10(15-2)6-7-16-8-12(13)14/h4-5,10,12,15H,3,6-8H2,1-2H3. The lowest BCUT2D eigenvalue weighted by Gasteiger charge is -2.14. The Balaban J connectivity index is 2.37. The molecule has 0 aromatic carbocycles. The first-order valence-electron chi connectivity index (χ1n) is 5.79. The van der Waals surface area contributed by atoms with E-state index in [-0.39, 0.29) is 6.04 Å². The van der Waals surface area contributed by atoms with Crippen LogP contribution in [0.2, 0.25) is 0 Å². The van der Waals surface area contributed by atoms with E-state index in [9.17, 15) is 8.78 Å². The summed E-state index contributed by atoms with van der Waals surface area (Å²) in [5, 5.41) is 3.19. The number of aryl methyl sites for hydroxylation is 1. The summed E-state index contributed by atoms with van der Waals surface area (Å²) in [5.41, 5.74) is 0. The Morgan fingerprint density at radius 3 is 2.71 bits per heavy atom. The van der Waals surface area contributed by atoms with Gasteiger partial charge in [-0.2, -0.15) is 0 Å². The van der Waals surface area contributed by atoms with Gasteiger partial charge in [-0.25, -0.2) is 8.78 Å². The third-order valence-electron chi connectivity index (χ3n) is 2.52. The minimum atomic E-state index is -2.38. The first-order chi connectivity index (χ1) is 8.17. The van der Waals surface area contributed by atoms with E-state index >= 15 is 0 Å². The summed E-state index contributed by atoms with van der Waals surface area (Å²) >= 11 is 1.76. The van der Waals surface area contributed by atoms with E-state index in [4.69, 9.17) is 4.74 Å². The summed E-state index contributed by atoms with van der Waals surface area (Å²) in [7, 11) is 1.88. The van der Waals surface area contributed by atoms with E-state index < -0.39 is 13.0 Å². The van der Waals surface area contributed by atoms with Crippen molar-refractivity contribution in [1.82, 2.24) is 5.32 Å². The molecule has 0 saturated carbocycles. The van der Waals surface area contributed by atoms with Gasteiger partial charge in [-0.3, -0.25) is 0 Å². The smallest absolute Gasteiger partial charge is 0.261 e. The van der Waals surface area contributed by atoms with Crippen molar-refractivity contribution in [3.63, 3.8) is 0 Å². The van der Waals surface area contributed by atoms with Crippen LogP contribution >= 0.6 is 11.3 Å². The molecule has 0 spiro atoms. The van der Waals surface area contributed by atoms with E-state index in [2.05, 4.69) is 24.4 Å². The molecule has 0 fully saturated rings. The SMILES string of the molecule is CCc1ccc(C(CCOCC(F)F)NC)s1. The number of hydrogen-bond donors (Lipinski definition) is 1. The molecule has 0 amide bonds. The molecular weight excluding hydrogens is 244 g/mol. The maximum absolute atomic E-state index is 11.9. The fourth-order valence-corrected chi connectivity index (χ4v) is 2.67. The first-order valence-corrected chi connectivity index (χ1v) is 6.60. The minimum Gasteiger partial charge on any atom is -0.375 e. The average molecular weight is 263 g/mol. The van der Waals surface area contributed by atoms with Crippen LogP contribution in [0.1, 0.15) is 29.1 Å².